The molecular weight excluding hydrogens is 302 g/mol. The minimum absolute atomic E-state index is 0.416. The lowest BCUT2D eigenvalue weighted by molar-refractivity contribution is 0.796. The van der Waals surface area contributed by atoms with Gasteiger partial charge in [0.05, 0.1) is 11.6 Å². The van der Waals surface area contributed by atoms with Crippen LogP contribution >= 0.6 is 27.5 Å². The molecule has 2 aromatic rings. The van der Waals surface area contributed by atoms with Crippen LogP contribution in [0.15, 0.2) is 16.7 Å². The summed E-state index contributed by atoms with van der Waals surface area (Å²) in [6, 6.07) is 1.97. The summed E-state index contributed by atoms with van der Waals surface area (Å²) in [5.74, 6) is 1.22. The van der Waals surface area contributed by atoms with E-state index in [1.165, 1.54) is 5.56 Å². The maximum atomic E-state index is 5.95. The Labute approximate surface area is 114 Å². The minimum Gasteiger partial charge on any atom is -0.236 e. The van der Waals surface area contributed by atoms with Crippen molar-refractivity contribution in [2.24, 2.45) is 0 Å². The second kappa shape index (κ2) is 4.78. The number of hydrogen-bond donors (Lipinski definition) is 0. The monoisotopic (exact) mass is 313 g/mol. The molecule has 0 fully saturated rings. The summed E-state index contributed by atoms with van der Waals surface area (Å²) < 4.78 is 2.78. The highest BCUT2D eigenvalue weighted by atomic mass is 79.9. The van der Waals surface area contributed by atoms with E-state index in [4.69, 9.17) is 11.6 Å². The molecule has 0 aliphatic heterocycles. The fourth-order valence-electron chi connectivity index (χ4n) is 1.69. The van der Waals surface area contributed by atoms with Gasteiger partial charge in [-0.05, 0) is 48.3 Å². The van der Waals surface area contributed by atoms with Gasteiger partial charge in [-0.3, -0.25) is 0 Å². The molecule has 0 spiro atoms. The number of halogens is 2. The first-order valence-electron chi connectivity index (χ1n) is 5.28. The van der Waals surface area contributed by atoms with E-state index in [-0.39, 0.29) is 0 Å². The van der Waals surface area contributed by atoms with Crippen molar-refractivity contribution in [2.45, 2.75) is 26.7 Å². The van der Waals surface area contributed by atoms with Gasteiger partial charge in [-0.2, -0.15) is 5.10 Å². The van der Waals surface area contributed by atoms with Gasteiger partial charge in [0.25, 0.3) is 0 Å². The molecule has 0 aliphatic carbocycles. The van der Waals surface area contributed by atoms with Gasteiger partial charge in [0, 0.05) is 21.9 Å². The Morgan fingerprint density at radius 2 is 2.06 bits per heavy atom. The maximum absolute atomic E-state index is 5.95. The molecule has 0 aromatic carbocycles. The van der Waals surface area contributed by atoms with E-state index in [1.54, 1.807) is 6.20 Å². The maximum Gasteiger partial charge on any atom is 0.158 e. The lowest BCUT2D eigenvalue weighted by atomic mass is 10.2. The smallest absolute Gasteiger partial charge is 0.158 e. The Hall–Kier alpha value is -0.870. The van der Waals surface area contributed by atoms with Gasteiger partial charge >= 0.3 is 0 Å². The van der Waals surface area contributed by atoms with Crippen molar-refractivity contribution in [1.29, 1.82) is 0 Å². The van der Waals surface area contributed by atoms with E-state index >= 15 is 0 Å². The van der Waals surface area contributed by atoms with Crippen molar-refractivity contribution in [1.82, 2.24) is 14.8 Å². The van der Waals surface area contributed by atoms with Crippen molar-refractivity contribution in [3.05, 3.63) is 39.3 Å². The van der Waals surface area contributed by atoms with Crippen LogP contribution in [0.1, 0.15) is 22.5 Å². The molecule has 2 heterocycles. The molecule has 0 radical (unpaired) electrons. The molecule has 3 nitrogen and oxygen atoms in total. The second-order valence-corrected chi connectivity index (χ2v) is 5.16. The third-order valence-electron chi connectivity index (χ3n) is 2.91. The third kappa shape index (κ3) is 2.24. The molecule has 0 bridgehead atoms. The minimum atomic E-state index is 0.416. The first-order valence-corrected chi connectivity index (χ1v) is 6.61. The molecule has 2 rings (SSSR count). The van der Waals surface area contributed by atoms with Crippen LogP contribution in [-0.2, 0) is 5.88 Å². The molecule has 0 aliphatic rings. The standard InChI is InChI=1S/C12H13BrClN3/c1-7-8(2)16-17(9(7)3)12-10(5-14)4-11(13)6-15-12/h4,6H,5H2,1-3H3. The zero-order valence-electron chi connectivity index (χ0n) is 9.96. The van der Waals surface area contributed by atoms with Crippen LogP contribution in [0.4, 0.5) is 0 Å². The van der Waals surface area contributed by atoms with Gasteiger partial charge in [-0.1, -0.05) is 0 Å². The predicted molar refractivity (Wildman–Crippen MR) is 72.8 cm³/mol. The lowest BCUT2D eigenvalue weighted by Gasteiger charge is -2.08. The van der Waals surface area contributed by atoms with E-state index in [0.29, 0.717) is 5.88 Å². The highest BCUT2D eigenvalue weighted by Gasteiger charge is 2.13. The van der Waals surface area contributed by atoms with E-state index in [2.05, 4.69) is 32.9 Å². The summed E-state index contributed by atoms with van der Waals surface area (Å²) in [5, 5.41) is 4.50. The van der Waals surface area contributed by atoms with Crippen molar-refractivity contribution in [3.63, 3.8) is 0 Å². The van der Waals surface area contributed by atoms with Gasteiger partial charge in [-0.15, -0.1) is 11.6 Å². The van der Waals surface area contributed by atoms with Gasteiger partial charge < -0.3 is 0 Å². The zero-order chi connectivity index (χ0) is 12.6. The van der Waals surface area contributed by atoms with Gasteiger partial charge in [0.1, 0.15) is 0 Å². The Morgan fingerprint density at radius 3 is 2.59 bits per heavy atom. The SMILES string of the molecule is Cc1nn(-c2ncc(Br)cc2CCl)c(C)c1C. The average Bonchev–Trinajstić information content (AvgIpc) is 2.57. The van der Waals surface area contributed by atoms with Crippen molar-refractivity contribution >= 4 is 27.5 Å². The fraction of sp³-hybridized carbons (Fsp3) is 0.333. The van der Waals surface area contributed by atoms with E-state index in [9.17, 15) is 0 Å². The number of alkyl halides is 1. The Morgan fingerprint density at radius 1 is 1.35 bits per heavy atom. The van der Waals surface area contributed by atoms with Crippen LogP contribution in [0.5, 0.6) is 0 Å². The van der Waals surface area contributed by atoms with E-state index in [1.807, 2.05) is 24.6 Å². The summed E-state index contributed by atoms with van der Waals surface area (Å²) in [6.45, 7) is 6.10. The third-order valence-corrected chi connectivity index (χ3v) is 3.63. The quantitative estimate of drug-likeness (QED) is 0.791. The molecule has 90 valence electrons. The number of rotatable bonds is 2. The molecule has 0 saturated heterocycles. The van der Waals surface area contributed by atoms with Crippen LogP contribution in [0.2, 0.25) is 0 Å². The number of pyridine rings is 1. The number of aryl methyl sites for hydroxylation is 1. The topological polar surface area (TPSA) is 30.7 Å². The van der Waals surface area contributed by atoms with Gasteiger partial charge in [-0.25, -0.2) is 9.67 Å². The second-order valence-electron chi connectivity index (χ2n) is 3.98. The molecule has 0 saturated carbocycles. The molecule has 0 amide bonds. The van der Waals surface area contributed by atoms with Crippen molar-refractivity contribution in [2.75, 3.05) is 0 Å². The molecule has 0 unspecified atom stereocenters. The first kappa shape index (κ1) is 12.6. The summed E-state index contributed by atoms with van der Waals surface area (Å²) >= 11 is 9.35. The van der Waals surface area contributed by atoms with Crippen molar-refractivity contribution < 1.29 is 0 Å². The zero-order valence-corrected chi connectivity index (χ0v) is 12.3. The Bertz CT molecular complexity index is 563. The van der Waals surface area contributed by atoms with Gasteiger partial charge in [0.2, 0.25) is 0 Å². The molecular formula is C12H13BrClN3. The fourth-order valence-corrected chi connectivity index (χ4v) is 2.27. The van der Waals surface area contributed by atoms with Crippen LogP contribution in [0, 0.1) is 20.8 Å². The number of nitrogens with zero attached hydrogens (tertiary/aromatic N) is 3. The largest absolute Gasteiger partial charge is 0.236 e. The number of hydrogen-bond acceptors (Lipinski definition) is 2. The lowest BCUT2D eigenvalue weighted by Crippen LogP contribution is -2.05. The molecule has 5 heteroatoms. The molecule has 0 N–H and O–H groups in total. The predicted octanol–water partition coefficient (Wildman–Crippen LogP) is 3.69. The summed E-state index contributed by atoms with van der Waals surface area (Å²) in [4.78, 5) is 4.40. The Balaban J connectivity index is 2.64. The van der Waals surface area contributed by atoms with E-state index < -0.39 is 0 Å². The van der Waals surface area contributed by atoms with Crippen LogP contribution in [0.25, 0.3) is 5.82 Å². The molecule has 2 aromatic heterocycles. The highest BCUT2D eigenvalue weighted by molar-refractivity contribution is 9.10. The van der Waals surface area contributed by atoms with Crippen molar-refractivity contribution in [3.8, 4) is 5.82 Å². The molecule has 17 heavy (non-hydrogen) atoms. The van der Waals surface area contributed by atoms with Crippen LogP contribution in [-0.4, -0.2) is 14.8 Å². The number of aromatic nitrogens is 3. The summed E-state index contributed by atoms with van der Waals surface area (Å²) in [6.07, 6.45) is 1.76. The highest BCUT2D eigenvalue weighted by Crippen LogP contribution is 2.22. The average molecular weight is 315 g/mol. The first-order chi connectivity index (χ1) is 8.04. The van der Waals surface area contributed by atoms with Crippen LogP contribution in [0.3, 0.4) is 0 Å². The summed E-state index contributed by atoms with van der Waals surface area (Å²) in [7, 11) is 0. The van der Waals surface area contributed by atoms with E-state index in [0.717, 1.165) is 27.2 Å². The van der Waals surface area contributed by atoms with Gasteiger partial charge in [0.15, 0.2) is 5.82 Å². The molecule has 0 atom stereocenters. The normalized spacial score (nSPS) is 10.9. The summed E-state index contributed by atoms with van der Waals surface area (Å²) in [5.41, 5.74) is 4.28. The van der Waals surface area contributed by atoms with Crippen LogP contribution < -0.4 is 0 Å². The Kier molecular flexibility index (Phi) is 3.54.